The van der Waals surface area contributed by atoms with Gasteiger partial charge < -0.3 is 15.0 Å². The summed E-state index contributed by atoms with van der Waals surface area (Å²) in [4.78, 5) is 37.1. The van der Waals surface area contributed by atoms with E-state index in [4.69, 9.17) is 16.3 Å². The van der Waals surface area contributed by atoms with Gasteiger partial charge in [-0.3, -0.25) is 15.0 Å². The van der Waals surface area contributed by atoms with Crippen molar-refractivity contribution in [1.29, 1.82) is 0 Å². The van der Waals surface area contributed by atoms with Crippen LogP contribution in [0.3, 0.4) is 0 Å². The molecule has 2 aromatic heterocycles. The lowest BCUT2D eigenvalue weighted by atomic mass is 9.95. The van der Waals surface area contributed by atoms with E-state index in [1.54, 1.807) is 6.20 Å². The number of nitrogens with one attached hydrogen (secondary N) is 2. The molecule has 174 valence electrons. The predicted octanol–water partition coefficient (Wildman–Crippen LogP) is 4.03. The van der Waals surface area contributed by atoms with Crippen molar-refractivity contribution in [2.75, 3.05) is 18.4 Å². The number of nitrogens with zero attached hydrogens (tertiary/aromatic N) is 4. The molecule has 1 aromatic carbocycles. The van der Waals surface area contributed by atoms with Crippen molar-refractivity contribution in [3.8, 4) is 0 Å². The summed E-state index contributed by atoms with van der Waals surface area (Å²) in [5, 5.41) is 15.2. The highest BCUT2D eigenvalue weighted by atomic mass is 35.5. The molecule has 0 spiro atoms. The second-order valence-corrected chi connectivity index (χ2v) is 9.32. The summed E-state index contributed by atoms with van der Waals surface area (Å²) in [7, 11) is 0. The van der Waals surface area contributed by atoms with E-state index in [0.29, 0.717) is 24.4 Å². The van der Waals surface area contributed by atoms with E-state index in [1.807, 2.05) is 6.07 Å². The van der Waals surface area contributed by atoms with Crippen molar-refractivity contribution in [2.45, 2.75) is 44.9 Å². The number of aromatic nitrogens is 3. The molecule has 0 amide bonds. The van der Waals surface area contributed by atoms with Crippen molar-refractivity contribution in [2.24, 2.45) is 0 Å². The molecule has 1 aliphatic rings. The number of non-ortho nitro benzene ring substituents is 1. The molecule has 33 heavy (non-hydrogen) atoms. The maximum absolute atomic E-state index is 12.8. The molecule has 0 radical (unpaired) electrons. The minimum absolute atomic E-state index is 0.0694. The Morgan fingerprint density at radius 2 is 2.00 bits per heavy atom. The number of H-pyrrole nitrogens is 1. The van der Waals surface area contributed by atoms with E-state index in [0.717, 1.165) is 11.9 Å². The molecule has 0 aliphatic carbocycles. The number of carbonyl (C=O) groups excluding carboxylic acids is 1. The Hall–Kier alpha value is -3.24. The fourth-order valence-corrected chi connectivity index (χ4v) is 4.11. The van der Waals surface area contributed by atoms with Gasteiger partial charge in [-0.2, -0.15) is 4.98 Å². The summed E-state index contributed by atoms with van der Waals surface area (Å²) >= 11 is 6.11. The van der Waals surface area contributed by atoms with Crippen LogP contribution in [0.1, 0.15) is 37.6 Å². The number of likely N-dealkylation sites (tertiary alicyclic amines) is 1. The number of ether oxygens (including phenoxy) is 1. The second kappa shape index (κ2) is 8.95. The van der Waals surface area contributed by atoms with Crippen LogP contribution in [0.2, 0.25) is 5.28 Å². The number of halogens is 1. The van der Waals surface area contributed by atoms with Gasteiger partial charge in [0.05, 0.1) is 21.9 Å². The van der Waals surface area contributed by atoms with Crippen LogP contribution >= 0.6 is 11.6 Å². The number of aromatic amines is 1. The Morgan fingerprint density at radius 3 is 2.67 bits per heavy atom. The van der Waals surface area contributed by atoms with Gasteiger partial charge in [-0.25, -0.2) is 9.78 Å². The van der Waals surface area contributed by atoms with Crippen LogP contribution in [0.4, 0.5) is 11.5 Å². The average molecular weight is 473 g/mol. The molecule has 1 saturated heterocycles. The molecular weight excluding hydrogens is 448 g/mol. The molecule has 10 nitrogen and oxygen atoms in total. The minimum Gasteiger partial charge on any atom is -0.456 e. The lowest BCUT2D eigenvalue weighted by Gasteiger charge is -2.44. The van der Waals surface area contributed by atoms with Crippen molar-refractivity contribution >= 4 is 40.1 Å². The van der Waals surface area contributed by atoms with Gasteiger partial charge in [0.25, 0.3) is 5.69 Å². The Kier molecular flexibility index (Phi) is 6.22. The van der Waals surface area contributed by atoms with E-state index in [1.165, 1.54) is 24.3 Å². The molecule has 3 aromatic rings. The first kappa shape index (κ1) is 22.9. The minimum atomic E-state index is -0.529. The highest BCUT2D eigenvalue weighted by Gasteiger charge is 2.36. The standard InChI is InChI=1S/C22H25ClN6O4/c1-22(2,3)28-11-9-17(33-20(30)13-4-6-14(7-5-13)29(31)32)16(12-28)25-19-15-8-10-24-18(15)26-21(23)27-19/h4-8,10,16-17H,9,11-12H2,1-3H3,(H2,24,25,26,27). The van der Waals surface area contributed by atoms with Crippen LogP contribution in [0.25, 0.3) is 11.0 Å². The van der Waals surface area contributed by atoms with Crippen LogP contribution in [-0.4, -0.2) is 61.5 Å². The zero-order valence-electron chi connectivity index (χ0n) is 18.5. The number of piperidine rings is 1. The van der Waals surface area contributed by atoms with Gasteiger partial charge in [0.15, 0.2) is 0 Å². The lowest BCUT2D eigenvalue weighted by Crippen LogP contribution is -2.57. The van der Waals surface area contributed by atoms with Gasteiger partial charge in [0.2, 0.25) is 5.28 Å². The highest BCUT2D eigenvalue weighted by Crippen LogP contribution is 2.28. The van der Waals surface area contributed by atoms with Gasteiger partial charge in [0.1, 0.15) is 17.6 Å². The maximum atomic E-state index is 12.8. The molecule has 2 N–H and O–H groups in total. The molecule has 3 heterocycles. The SMILES string of the molecule is CC(C)(C)N1CCC(OC(=O)c2ccc([N+](=O)[O-])cc2)C(Nc2nc(Cl)nc3[nH]ccc23)C1. The molecule has 2 unspecified atom stereocenters. The molecule has 1 aliphatic heterocycles. The van der Waals surface area contributed by atoms with Gasteiger partial charge in [0, 0.05) is 37.0 Å². The van der Waals surface area contributed by atoms with Crippen molar-refractivity contribution in [3.63, 3.8) is 0 Å². The van der Waals surface area contributed by atoms with Crippen LogP contribution < -0.4 is 5.32 Å². The Labute approximate surface area is 195 Å². The summed E-state index contributed by atoms with van der Waals surface area (Å²) in [6.45, 7) is 7.79. The Bertz CT molecular complexity index is 1170. The van der Waals surface area contributed by atoms with Gasteiger partial charge in [-0.1, -0.05) is 0 Å². The fourth-order valence-electron chi connectivity index (χ4n) is 3.94. The fraction of sp³-hybridized carbons (Fsp3) is 0.409. The summed E-state index contributed by atoms with van der Waals surface area (Å²) in [5.74, 6) is 0.0295. The van der Waals surface area contributed by atoms with Crippen LogP contribution in [0, 0.1) is 10.1 Å². The Morgan fingerprint density at radius 1 is 1.27 bits per heavy atom. The monoisotopic (exact) mass is 472 g/mol. The van der Waals surface area contributed by atoms with E-state index >= 15 is 0 Å². The summed E-state index contributed by atoms with van der Waals surface area (Å²) < 4.78 is 5.87. The number of anilines is 1. The summed E-state index contributed by atoms with van der Waals surface area (Å²) in [6.07, 6.45) is 1.94. The largest absolute Gasteiger partial charge is 0.456 e. The van der Waals surface area contributed by atoms with Gasteiger partial charge >= 0.3 is 5.97 Å². The van der Waals surface area contributed by atoms with Crippen LogP contribution in [0.5, 0.6) is 0 Å². The number of hydrogen-bond acceptors (Lipinski definition) is 8. The maximum Gasteiger partial charge on any atom is 0.338 e. The number of nitro benzene ring substituents is 1. The molecule has 2 atom stereocenters. The second-order valence-electron chi connectivity index (χ2n) is 8.99. The van der Waals surface area contributed by atoms with Crippen molar-refractivity contribution < 1.29 is 14.5 Å². The number of fused-ring (bicyclic) bond motifs is 1. The first-order chi connectivity index (χ1) is 15.6. The van der Waals surface area contributed by atoms with E-state index < -0.39 is 17.0 Å². The first-order valence-electron chi connectivity index (χ1n) is 10.6. The quantitative estimate of drug-likeness (QED) is 0.246. The first-order valence-corrected chi connectivity index (χ1v) is 11.0. The molecule has 0 bridgehead atoms. The number of hydrogen-bond donors (Lipinski definition) is 2. The summed E-state index contributed by atoms with van der Waals surface area (Å²) in [6, 6.07) is 6.99. The zero-order chi connectivity index (χ0) is 23.8. The van der Waals surface area contributed by atoms with Crippen molar-refractivity contribution in [1.82, 2.24) is 19.9 Å². The Balaban J connectivity index is 1.57. The third-order valence-corrected chi connectivity index (χ3v) is 5.95. The molecular formula is C22H25ClN6O4. The van der Waals surface area contributed by atoms with Crippen LogP contribution in [-0.2, 0) is 4.74 Å². The van der Waals surface area contributed by atoms with E-state index in [-0.39, 0.29) is 28.1 Å². The predicted molar refractivity (Wildman–Crippen MR) is 125 cm³/mol. The third-order valence-electron chi connectivity index (χ3n) is 5.78. The van der Waals surface area contributed by atoms with Crippen molar-refractivity contribution in [3.05, 3.63) is 57.5 Å². The van der Waals surface area contributed by atoms with E-state index in [9.17, 15) is 14.9 Å². The number of carbonyl (C=O) groups is 1. The molecule has 1 fully saturated rings. The lowest BCUT2D eigenvalue weighted by molar-refractivity contribution is -0.384. The highest BCUT2D eigenvalue weighted by molar-refractivity contribution is 6.28. The average Bonchev–Trinajstić information content (AvgIpc) is 3.22. The van der Waals surface area contributed by atoms with Crippen LogP contribution in [0.15, 0.2) is 36.5 Å². The molecule has 4 rings (SSSR count). The molecule has 0 saturated carbocycles. The molecule has 11 heteroatoms. The third kappa shape index (κ3) is 5.07. The smallest absolute Gasteiger partial charge is 0.338 e. The van der Waals surface area contributed by atoms with E-state index in [2.05, 4.69) is 45.9 Å². The topological polar surface area (TPSA) is 126 Å². The van der Waals surface area contributed by atoms with Gasteiger partial charge in [-0.05, 0) is 57.0 Å². The number of rotatable bonds is 5. The number of benzene rings is 1. The zero-order valence-corrected chi connectivity index (χ0v) is 19.3. The number of esters is 1. The summed E-state index contributed by atoms with van der Waals surface area (Å²) in [5.41, 5.74) is 0.719. The van der Waals surface area contributed by atoms with Gasteiger partial charge in [-0.15, -0.1) is 0 Å². The number of nitro groups is 1. The normalized spacial score (nSPS) is 19.4.